The zero-order chi connectivity index (χ0) is 18.1. The van der Waals surface area contributed by atoms with E-state index in [0.29, 0.717) is 0 Å². The smallest absolute Gasteiger partial charge is 0.0324 e. The van der Waals surface area contributed by atoms with Crippen LogP contribution in [-0.2, 0) is 0 Å². The van der Waals surface area contributed by atoms with Crippen LogP contribution in [0.2, 0.25) is 0 Å². The van der Waals surface area contributed by atoms with Crippen LogP contribution in [-0.4, -0.2) is 5.54 Å². The van der Waals surface area contributed by atoms with E-state index < -0.39 is 0 Å². The Hall–Kier alpha value is -0.300. The second kappa shape index (κ2) is 15.9. The maximum Gasteiger partial charge on any atom is 0.0324 e. The lowest BCUT2D eigenvalue weighted by atomic mass is 9.79. The minimum atomic E-state index is -0.0426. The van der Waals surface area contributed by atoms with Gasteiger partial charge in [-0.05, 0) is 44.9 Å². The van der Waals surface area contributed by atoms with Crippen LogP contribution in [0.3, 0.4) is 0 Å². The SMILES string of the molecule is CCCCCCCCC=CCCCCCCCCC1([NH])CCCCC1. The summed E-state index contributed by atoms with van der Waals surface area (Å²) < 4.78 is 0. The van der Waals surface area contributed by atoms with E-state index in [1.54, 1.807) is 0 Å². The van der Waals surface area contributed by atoms with Gasteiger partial charge in [0.2, 0.25) is 0 Å². The molecule has 1 radical (unpaired) electrons. The van der Waals surface area contributed by atoms with Gasteiger partial charge in [-0.3, -0.25) is 5.73 Å². The van der Waals surface area contributed by atoms with Crippen molar-refractivity contribution in [1.29, 1.82) is 0 Å². The second-order valence-corrected chi connectivity index (χ2v) is 8.53. The fraction of sp³-hybridized carbons (Fsp3) is 0.917. The molecule has 0 aromatic heterocycles. The Balaban J connectivity index is 1.77. The number of nitrogens with one attached hydrogen (secondary N) is 1. The number of hydrogen-bond acceptors (Lipinski definition) is 0. The Bertz CT molecular complexity index is 301. The van der Waals surface area contributed by atoms with Gasteiger partial charge in [-0.25, -0.2) is 0 Å². The van der Waals surface area contributed by atoms with Crippen molar-refractivity contribution in [3.05, 3.63) is 12.2 Å². The van der Waals surface area contributed by atoms with Crippen molar-refractivity contribution >= 4 is 0 Å². The molecular weight excluding hydrogens is 302 g/mol. The molecule has 0 spiro atoms. The third kappa shape index (κ3) is 13.5. The minimum absolute atomic E-state index is 0.0426. The molecule has 0 saturated heterocycles. The van der Waals surface area contributed by atoms with E-state index >= 15 is 0 Å². The van der Waals surface area contributed by atoms with Gasteiger partial charge in [0.15, 0.2) is 0 Å². The van der Waals surface area contributed by atoms with Crippen LogP contribution in [0.4, 0.5) is 0 Å². The Morgan fingerprint density at radius 3 is 1.68 bits per heavy atom. The summed E-state index contributed by atoms with van der Waals surface area (Å²) in [7, 11) is 0. The number of unbranched alkanes of at least 4 members (excludes halogenated alkanes) is 12. The molecule has 1 heteroatoms. The highest BCUT2D eigenvalue weighted by Gasteiger charge is 2.27. The molecule has 1 fully saturated rings. The lowest BCUT2D eigenvalue weighted by Crippen LogP contribution is -2.33. The summed E-state index contributed by atoms with van der Waals surface area (Å²) in [6.07, 6.45) is 31.5. The molecule has 147 valence electrons. The summed E-state index contributed by atoms with van der Waals surface area (Å²) in [5.41, 5.74) is 8.45. The van der Waals surface area contributed by atoms with Crippen LogP contribution in [0.1, 0.15) is 135 Å². The standard InChI is InChI=1S/C24H46N/c1-2-3-4-5-6-7-8-9-10-11-12-13-14-15-16-18-21-24(25)22-19-17-20-23-24/h9-10,25H,2-8,11-23H2,1H3. The van der Waals surface area contributed by atoms with E-state index in [0.717, 1.165) is 19.3 Å². The molecular formula is C24H46N. The van der Waals surface area contributed by atoms with Crippen molar-refractivity contribution in [2.75, 3.05) is 0 Å². The van der Waals surface area contributed by atoms with Crippen LogP contribution in [0.15, 0.2) is 12.2 Å². The zero-order valence-corrected chi connectivity index (χ0v) is 17.3. The third-order valence-electron chi connectivity index (χ3n) is 5.98. The predicted molar refractivity (Wildman–Crippen MR) is 113 cm³/mol. The van der Waals surface area contributed by atoms with Crippen molar-refractivity contribution in [2.45, 2.75) is 141 Å². The number of allylic oxidation sites excluding steroid dienone is 2. The van der Waals surface area contributed by atoms with Gasteiger partial charge in [-0.1, -0.05) is 103 Å². The first kappa shape index (κ1) is 22.7. The summed E-state index contributed by atoms with van der Waals surface area (Å²) in [6.45, 7) is 2.28. The Morgan fingerprint density at radius 2 is 1.12 bits per heavy atom. The molecule has 0 aromatic rings. The summed E-state index contributed by atoms with van der Waals surface area (Å²) in [6, 6.07) is 0. The Kier molecular flexibility index (Phi) is 14.5. The molecule has 0 heterocycles. The maximum absolute atomic E-state index is 8.50. The summed E-state index contributed by atoms with van der Waals surface area (Å²) >= 11 is 0. The molecule has 0 amide bonds. The average Bonchev–Trinajstić information content (AvgIpc) is 2.62. The van der Waals surface area contributed by atoms with Gasteiger partial charge in [-0.2, -0.15) is 0 Å². The quantitative estimate of drug-likeness (QED) is 0.197. The maximum atomic E-state index is 8.50. The van der Waals surface area contributed by atoms with Crippen molar-refractivity contribution in [1.82, 2.24) is 5.73 Å². The predicted octanol–water partition coefficient (Wildman–Crippen LogP) is 8.40. The number of rotatable bonds is 16. The molecule has 1 aliphatic carbocycles. The number of hydrogen-bond donors (Lipinski definition) is 0. The van der Waals surface area contributed by atoms with E-state index in [1.165, 1.54) is 109 Å². The third-order valence-corrected chi connectivity index (χ3v) is 5.98. The summed E-state index contributed by atoms with van der Waals surface area (Å²) in [5, 5.41) is 0. The van der Waals surface area contributed by atoms with E-state index in [9.17, 15) is 0 Å². The molecule has 1 aliphatic rings. The van der Waals surface area contributed by atoms with E-state index in [2.05, 4.69) is 19.1 Å². The van der Waals surface area contributed by atoms with Crippen LogP contribution in [0.25, 0.3) is 0 Å². The zero-order valence-electron chi connectivity index (χ0n) is 17.3. The van der Waals surface area contributed by atoms with Crippen molar-refractivity contribution < 1.29 is 0 Å². The lowest BCUT2D eigenvalue weighted by molar-refractivity contribution is 0.259. The molecule has 0 aromatic carbocycles. The molecule has 0 atom stereocenters. The van der Waals surface area contributed by atoms with Crippen molar-refractivity contribution in [3.8, 4) is 0 Å². The first-order chi connectivity index (χ1) is 12.3. The van der Waals surface area contributed by atoms with Gasteiger partial charge < -0.3 is 0 Å². The lowest BCUT2D eigenvalue weighted by Gasteiger charge is -2.32. The summed E-state index contributed by atoms with van der Waals surface area (Å²) in [4.78, 5) is 0. The second-order valence-electron chi connectivity index (χ2n) is 8.53. The van der Waals surface area contributed by atoms with Crippen molar-refractivity contribution in [2.24, 2.45) is 0 Å². The fourth-order valence-electron chi connectivity index (χ4n) is 4.19. The van der Waals surface area contributed by atoms with E-state index in [1.807, 2.05) is 0 Å². The molecule has 0 unspecified atom stereocenters. The highest BCUT2D eigenvalue weighted by atomic mass is 14.7. The van der Waals surface area contributed by atoms with Gasteiger partial charge in [-0.15, -0.1) is 0 Å². The highest BCUT2D eigenvalue weighted by Crippen LogP contribution is 2.31. The van der Waals surface area contributed by atoms with Crippen LogP contribution in [0, 0.1) is 0 Å². The molecule has 1 rings (SSSR count). The normalized spacial score (nSPS) is 17.4. The summed E-state index contributed by atoms with van der Waals surface area (Å²) in [5.74, 6) is 0. The Labute approximate surface area is 159 Å². The molecule has 25 heavy (non-hydrogen) atoms. The first-order valence-electron chi connectivity index (χ1n) is 11.7. The van der Waals surface area contributed by atoms with Crippen molar-refractivity contribution in [3.63, 3.8) is 0 Å². The van der Waals surface area contributed by atoms with E-state index in [-0.39, 0.29) is 5.54 Å². The fourth-order valence-corrected chi connectivity index (χ4v) is 4.19. The topological polar surface area (TPSA) is 23.8 Å². The molecule has 0 aliphatic heterocycles. The Morgan fingerprint density at radius 1 is 0.640 bits per heavy atom. The average molecular weight is 349 g/mol. The van der Waals surface area contributed by atoms with Crippen LogP contribution in [0.5, 0.6) is 0 Å². The van der Waals surface area contributed by atoms with Crippen LogP contribution >= 0.6 is 0 Å². The van der Waals surface area contributed by atoms with Gasteiger partial charge in [0.05, 0.1) is 0 Å². The molecule has 0 bridgehead atoms. The molecule has 1 saturated carbocycles. The monoisotopic (exact) mass is 348 g/mol. The van der Waals surface area contributed by atoms with Gasteiger partial charge in [0, 0.05) is 5.54 Å². The molecule has 1 N–H and O–H groups in total. The highest BCUT2D eigenvalue weighted by molar-refractivity contribution is 4.86. The van der Waals surface area contributed by atoms with Gasteiger partial charge >= 0.3 is 0 Å². The molecule has 1 nitrogen and oxygen atoms in total. The minimum Gasteiger partial charge on any atom is -0.251 e. The van der Waals surface area contributed by atoms with E-state index in [4.69, 9.17) is 5.73 Å². The first-order valence-corrected chi connectivity index (χ1v) is 11.7. The largest absolute Gasteiger partial charge is 0.251 e. The van der Waals surface area contributed by atoms with Gasteiger partial charge in [0.1, 0.15) is 0 Å². The van der Waals surface area contributed by atoms with Crippen LogP contribution < -0.4 is 5.73 Å². The van der Waals surface area contributed by atoms with Gasteiger partial charge in [0.25, 0.3) is 0 Å².